The lowest BCUT2D eigenvalue weighted by molar-refractivity contribution is 0.129. The van der Waals surface area contributed by atoms with Crippen LogP contribution in [0.15, 0.2) is 34.2 Å². The van der Waals surface area contributed by atoms with E-state index in [9.17, 15) is 4.79 Å². The molecule has 0 saturated carbocycles. The van der Waals surface area contributed by atoms with Crippen LogP contribution in [0.4, 0.5) is 0 Å². The summed E-state index contributed by atoms with van der Waals surface area (Å²) in [5.74, 6) is 0.820. The standard InChI is InChI=1S/C18H32N4O2/c1-3-4-15-24-16-9-12-21-18(19-2)20-11-6-8-14-22-13-7-5-10-17(22)23/h5,7,10,13H,3-4,6,8-9,11-12,14-16H2,1-2H3,(H2,19,20,21). The van der Waals surface area contributed by atoms with Gasteiger partial charge in [-0.3, -0.25) is 9.79 Å². The van der Waals surface area contributed by atoms with Crippen molar-refractivity contribution in [2.45, 2.75) is 45.6 Å². The second kappa shape index (κ2) is 13.6. The van der Waals surface area contributed by atoms with Gasteiger partial charge in [-0.25, -0.2) is 0 Å². The van der Waals surface area contributed by atoms with Gasteiger partial charge in [-0.05, 0) is 31.7 Å². The number of aromatic nitrogens is 1. The molecule has 0 amide bonds. The maximum Gasteiger partial charge on any atom is 0.250 e. The number of guanidine groups is 1. The molecule has 1 aromatic rings. The molecule has 0 unspecified atom stereocenters. The van der Waals surface area contributed by atoms with Gasteiger partial charge in [0.1, 0.15) is 0 Å². The van der Waals surface area contributed by atoms with Crippen molar-refractivity contribution < 1.29 is 4.74 Å². The van der Waals surface area contributed by atoms with Crippen LogP contribution in [-0.2, 0) is 11.3 Å². The minimum atomic E-state index is 0.0593. The topological polar surface area (TPSA) is 67.7 Å². The summed E-state index contributed by atoms with van der Waals surface area (Å²) in [7, 11) is 1.77. The molecule has 0 bridgehead atoms. The van der Waals surface area contributed by atoms with Gasteiger partial charge in [0.25, 0.3) is 0 Å². The molecular formula is C18H32N4O2. The van der Waals surface area contributed by atoms with E-state index in [1.165, 1.54) is 6.42 Å². The highest BCUT2D eigenvalue weighted by atomic mass is 16.5. The van der Waals surface area contributed by atoms with E-state index >= 15 is 0 Å². The smallest absolute Gasteiger partial charge is 0.250 e. The first-order chi connectivity index (χ1) is 11.8. The van der Waals surface area contributed by atoms with Gasteiger partial charge in [-0.15, -0.1) is 0 Å². The zero-order valence-corrected chi connectivity index (χ0v) is 15.1. The maximum atomic E-state index is 11.6. The Morgan fingerprint density at radius 2 is 1.88 bits per heavy atom. The van der Waals surface area contributed by atoms with Crippen molar-refractivity contribution in [3.8, 4) is 0 Å². The molecule has 0 fully saturated rings. The minimum absolute atomic E-state index is 0.0593. The summed E-state index contributed by atoms with van der Waals surface area (Å²) in [6.45, 7) is 6.25. The third kappa shape index (κ3) is 9.35. The number of nitrogens with zero attached hydrogens (tertiary/aromatic N) is 2. The Hall–Kier alpha value is -1.82. The van der Waals surface area contributed by atoms with Gasteiger partial charge in [0.2, 0.25) is 5.56 Å². The van der Waals surface area contributed by atoms with Crippen LogP contribution in [0.25, 0.3) is 0 Å². The van der Waals surface area contributed by atoms with Crippen molar-refractivity contribution >= 4 is 5.96 Å². The van der Waals surface area contributed by atoms with Crippen LogP contribution in [0.5, 0.6) is 0 Å². The van der Waals surface area contributed by atoms with E-state index in [4.69, 9.17) is 4.74 Å². The molecule has 0 aliphatic carbocycles. The van der Waals surface area contributed by atoms with Crippen molar-refractivity contribution in [3.05, 3.63) is 34.7 Å². The molecule has 0 atom stereocenters. The molecule has 0 radical (unpaired) electrons. The predicted octanol–water partition coefficient (Wildman–Crippen LogP) is 2.00. The van der Waals surface area contributed by atoms with Gasteiger partial charge in [0.05, 0.1) is 0 Å². The monoisotopic (exact) mass is 336 g/mol. The Bertz CT molecular complexity index is 514. The zero-order chi connectivity index (χ0) is 17.5. The van der Waals surface area contributed by atoms with E-state index in [2.05, 4.69) is 22.5 Å². The van der Waals surface area contributed by atoms with Crippen LogP contribution in [0.2, 0.25) is 0 Å². The number of pyridine rings is 1. The highest BCUT2D eigenvalue weighted by Gasteiger charge is 1.98. The largest absolute Gasteiger partial charge is 0.381 e. The normalized spacial score (nSPS) is 11.5. The number of nitrogens with one attached hydrogen (secondary N) is 2. The Labute approximate surface area is 145 Å². The van der Waals surface area contributed by atoms with Crippen LogP contribution < -0.4 is 16.2 Å². The lowest BCUT2D eigenvalue weighted by Crippen LogP contribution is -2.38. The average Bonchev–Trinajstić information content (AvgIpc) is 2.60. The predicted molar refractivity (Wildman–Crippen MR) is 99.6 cm³/mol. The third-order valence-corrected chi connectivity index (χ3v) is 3.64. The van der Waals surface area contributed by atoms with Crippen molar-refractivity contribution in [2.24, 2.45) is 4.99 Å². The van der Waals surface area contributed by atoms with Crippen LogP contribution in [0, 0.1) is 0 Å². The van der Waals surface area contributed by atoms with E-state index < -0.39 is 0 Å². The Balaban J connectivity index is 2.04. The molecule has 0 aliphatic rings. The fourth-order valence-corrected chi connectivity index (χ4v) is 2.21. The van der Waals surface area contributed by atoms with Gasteiger partial charge in [-0.1, -0.05) is 19.4 Å². The highest BCUT2D eigenvalue weighted by Crippen LogP contribution is 1.92. The van der Waals surface area contributed by atoms with Crippen molar-refractivity contribution in [1.29, 1.82) is 0 Å². The first-order valence-corrected chi connectivity index (χ1v) is 8.95. The molecule has 1 heterocycles. The van der Waals surface area contributed by atoms with Crippen LogP contribution in [0.1, 0.15) is 39.0 Å². The molecule has 0 aromatic carbocycles. The fourth-order valence-electron chi connectivity index (χ4n) is 2.21. The summed E-state index contributed by atoms with van der Waals surface area (Å²) < 4.78 is 7.27. The van der Waals surface area contributed by atoms with Gasteiger partial charge >= 0.3 is 0 Å². The number of rotatable bonds is 12. The summed E-state index contributed by atoms with van der Waals surface area (Å²) >= 11 is 0. The van der Waals surface area contributed by atoms with E-state index in [0.29, 0.717) is 0 Å². The van der Waals surface area contributed by atoms with Crippen LogP contribution >= 0.6 is 0 Å². The molecule has 1 rings (SSSR count). The minimum Gasteiger partial charge on any atom is -0.381 e. The fraction of sp³-hybridized carbons (Fsp3) is 0.667. The van der Waals surface area contributed by atoms with E-state index in [1.54, 1.807) is 23.7 Å². The Kier molecular flexibility index (Phi) is 11.5. The molecule has 0 saturated heterocycles. The van der Waals surface area contributed by atoms with Crippen LogP contribution in [-0.4, -0.2) is 43.9 Å². The van der Waals surface area contributed by atoms with Gasteiger partial charge in [-0.2, -0.15) is 0 Å². The SMILES string of the molecule is CCCCOCCCNC(=NC)NCCCCn1ccccc1=O. The van der Waals surface area contributed by atoms with Crippen molar-refractivity contribution in [3.63, 3.8) is 0 Å². The third-order valence-electron chi connectivity index (χ3n) is 3.64. The second-order valence-electron chi connectivity index (χ2n) is 5.68. The van der Waals surface area contributed by atoms with Crippen LogP contribution in [0.3, 0.4) is 0 Å². The average molecular weight is 336 g/mol. The molecule has 0 aliphatic heterocycles. The first kappa shape index (κ1) is 20.2. The molecule has 2 N–H and O–H groups in total. The Morgan fingerprint density at radius 1 is 1.12 bits per heavy atom. The lowest BCUT2D eigenvalue weighted by Gasteiger charge is -2.12. The molecule has 0 spiro atoms. The lowest BCUT2D eigenvalue weighted by atomic mass is 10.3. The summed E-state index contributed by atoms with van der Waals surface area (Å²) in [4.78, 5) is 15.8. The highest BCUT2D eigenvalue weighted by molar-refractivity contribution is 5.79. The van der Waals surface area contributed by atoms with Gasteiger partial charge in [0.15, 0.2) is 5.96 Å². The second-order valence-corrected chi connectivity index (χ2v) is 5.68. The summed E-state index contributed by atoms with van der Waals surface area (Å²) in [6, 6.07) is 5.25. The summed E-state index contributed by atoms with van der Waals surface area (Å²) in [5.41, 5.74) is 0.0593. The zero-order valence-electron chi connectivity index (χ0n) is 15.1. The number of aryl methyl sites for hydroxylation is 1. The number of hydrogen-bond donors (Lipinski definition) is 2. The van der Waals surface area contributed by atoms with Gasteiger partial charge < -0.3 is 19.9 Å². The maximum absolute atomic E-state index is 11.6. The first-order valence-electron chi connectivity index (χ1n) is 8.95. The number of ether oxygens (including phenoxy) is 1. The number of unbranched alkanes of at least 4 members (excludes halogenated alkanes) is 2. The molecule has 6 heteroatoms. The Morgan fingerprint density at radius 3 is 2.58 bits per heavy atom. The summed E-state index contributed by atoms with van der Waals surface area (Å²) in [5, 5.41) is 6.57. The quantitative estimate of drug-likeness (QED) is 0.348. The molecular weight excluding hydrogens is 304 g/mol. The number of hydrogen-bond acceptors (Lipinski definition) is 3. The summed E-state index contributed by atoms with van der Waals surface area (Å²) in [6.07, 6.45) is 7.06. The molecule has 1 aromatic heterocycles. The van der Waals surface area contributed by atoms with Crippen molar-refractivity contribution in [1.82, 2.24) is 15.2 Å². The van der Waals surface area contributed by atoms with E-state index in [1.807, 2.05) is 12.3 Å². The van der Waals surface area contributed by atoms with E-state index in [-0.39, 0.29) is 5.56 Å². The van der Waals surface area contributed by atoms with E-state index in [0.717, 1.165) is 64.5 Å². The molecule has 6 nitrogen and oxygen atoms in total. The van der Waals surface area contributed by atoms with Crippen molar-refractivity contribution in [2.75, 3.05) is 33.4 Å². The molecule has 136 valence electrons. The number of aliphatic imine (C=N–C) groups is 1. The molecule has 24 heavy (non-hydrogen) atoms. The van der Waals surface area contributed by atoms with Gasteiger partial charge in [0, 0.05) is 52.2 Å².